The zero-order valence-electron chi connectivity index (χ0n) is 14.0. The molecule has 24 heavy (non-hydrogen) atoms. The standard InChI is InChI=1S/C18H24N4O2/c1-13(20-21-18(24)19-15-5-2-3-6-15)14-8-10-16(11-9-14)22-12-4-7-17(22)23/h8-11,15H,2-7,12H2,1H3,(H2,19,21,24)/b20-13+. The minimum atomic E-state index is -0.250. The Bertz CT molecular complexity index is 633. The van der Waals surface area contributed by atoms with E-state index in [0.717, 1.165) is 42.8 Å². The summed E-state index contributed by atoms with van der Waals surface area (Å²) in [5.74, 6) is 0.179. The lowest BCUT2D eigenvalue weighted by Crippen LogP contribution is -2.39. The molecule has 128 valence electrons. The minimum Gasteiger partial charge on any atom is -0.334 e. The second-order valence-electron chi connectivity index (χ2n) is 6.46. The molecule has 1 saturated carbocycles. The van der Waals surface area contributed by atoms with Gasteiger partial charge in [0.25, 0.3) is 0 Å². The number of urea groups is 1. The number of nitrogens with one attached hydrogen (secondary N) is 2. The first-order chi connectivity index (χ1) is 11.6. The molecule has 1 aliphatic carbocycles. The Hall–Kier alpha value is -2.37. The van der Waals surface area contributed by atoms with Crippen molar-refractivity contribution in [1.82, 2.24) is 10.7 Å². The van der Waals surface area contributed by atoms with Crippen LogP contribution < -0.4 is 15.6 Å². The van der Waals surface area contributed by atoms with Crippen molar-refractivity contribution in [3.05, 3.63) is 29.8 Å². The topological polar surface area (TPSA) is 73.8 Å². The Morgan fingerprint density at radius 3 is 2.50 bits per heavy atom. The fourth-order valence-electron chi connectivity index (χ4n) is 3.29. The van der Waals surface area contributed by atoms with Gasteiger partial charge >= 0.3 is 6.03 Å². The number of benzene rings is 1. The van der Waals surface area contributed by atoms with Crippen molar-refractivity contribution < 1.29 is 9.59 Å². The fraction of sp³-hybridized carbons (Fsp3) is 0.500. The van der Waals surface area contributed by atoms with Crippen LogP contribution in [0.1, 0.15) is 51.0 Å². The maximum Gasteiger partial charge on any atom is 0.335 e. The third-order valence-electron chi connectivity index (χ3n) is 4.69. The molecule has 0 unspecified atom stereocenters. The molecule has 1 aliphatic heterocycles. The van der Waals surface area contributed by atoms with Gasteiger partial charge in [0.15, 0.2) is 0 Å². The number of rotatable bonds is 4. The van der Waals surface area contributed by atoms with Crippen LogP contribution in [0.5, 0.6) is 0 Å². The smallest absolute Gasteiger partial charge is 0.334 e. The van der Waals surface area contributed by atoms with E-state index in [-0.39, 0.29) is 18.0 Å². The molecule has 6 heteroatoms. The van der Waals surface area contributed by atoms with Crippen LogP contribution in [0.2, 0.25) is 0 Å². The summed E-state index contributed by atoms with van der Waals surface area (Å²) >= 11 is 0. The number of hydrazone groups is 1. The highest BCUT2D eigenvalue weighted by Crippen LogP contribution is 2.21. The lowest BCUT2D eigenvalue weighted by atomic mass is 10.1. The molecule has 6 nitrogen and oxygen atoms in total. The first-order valence-electron chi connectivity index (χ1n) is 8.65. The zero-order valence-corrected chi connectivity index (χ0v) is 14.0. The molecule has 1 saturated heterocycles. The second kappa shape index (κ2) is 7.47. The molecule has 0 atom stereocenters. The summed E-state index contributed by atoms with van der Waals surface area (Å²) in [6.07, 6.45) is 6.00. The van der Waals surface area contributed by atoms with Crippen molar-refractivity contribution in [1.29, 1.82) is 0 Å². The van der Waals surface area contributed by atoms with Crippen molar-refractivity contribution in [2.75, 3.05) is 11.4 Å². The Balaban J connectivity index is 1.56. The highest BCUT2D eigenvalue weighted by molar-refractivity contribution is 6.00. The Kier molecular flexibility index (Phi) is 5.13. The summed E-state index contributed by atoms with van der Waals surface area (Å²) in [7, 11) is 0. The van der Waals surface area contributed by atoms with Crippen LogP contribution in [0.4, 0.5) is 10.5 Å². The van der Waals surface area contributed by atoms with Crippen LogP contribution in [-0.2, 0) is 4.79 Å². The van der Waals surface area contributed by atoms with E-state index in [1.165, 1.54) is 12.8 Å². The van der Waals surface area contributed by atoms with Crippen LogP contribution in [0.15, 0.2) is 29.4 Å². The molecule has 0 radical (unpaired) electrons. The Labute approximate surface area is 142 Å². The number of hydrogen-bond acceptors (Lipinski definition) is 3. The highest BCUT2D eigenvalue weighted by atomic mass is 16.2. The fourth-order valence-corrected chi connectivity index (χ4v) is 3.29. The number of carbonyl (C=O) groups excluding carboxylic acids is 2. The van der Waals surface area contributed by atoms with Gasteiger partial charge in [0.05, 0.1) is 5.71 Å². The molecule has 0 aromatic heterocycles. The van der Waals surface area contributed by atoms with Crippen molar-refractivity contribution in [2.24, 2.45) is 5.10 Å². The van der Waals surface area contributed by atoms with Crippen molar-refractivity contribution in [3.63, 3.8) is 0 Å². The van der Waals surface area contributed by atoms with E-state index in [4.69, 9.17) is 0 Å². The van der Waals surface area contributed by atoms with Crippen LogP contribution in [0.25, 0.3) is 0 Å². The van der Waals surface area contributed by atoms with Gasteiger partial charge in [0.2, 0.25) is 5.91 Å². The van der Waals surface area contributed by atoms with Crippen LogP contribution in [0, 0.1) is 0 Å². The van der Waals surface area contributed by atoms with Crippen LogP contribution in [0.3, 0.4) is 0 Å². The van der Waals surface area contributed by atoms with Gasteiger partial charge < -0.3 is 10.2 Å². The third-order valence-corrected chi connectivity index (χ3v) is 4.69. The lowest BCUT2D eigenvalue weighted by Gasteiger charge is -2.16. The lowest BCUT2D eigenvalue weighted by molar-refractivity contribution is -0.117. The minimum absolute atomic E-state index is 0.179. The maximum absolute atomic E-state index is 11.8. The third kappa shape index (κ3) is 3.93. The molecular weight excluding hydrogens is 304 g/mol. The SMILES string of the molecule is C/C(=N\NC(=O)NC1CCCC1)c1ccc(N2CCCC2=O)cc1. The molecule has 2 aliphatic rings. The molecule has 3 amide bonds. The number of nitrogens with zero attached hydrogens (tertiary/aromatic N) is 2. The Morgan fingerprint density at radius 1 is 1.17 bits per heavy atom. The first-order valence-corrected chi connectivity index (χ1v) is 8.65. The van der Waals surface area contributed by atoms with Gasteiger partial charge in [-0.15, -0.1) is 0 Å². The van der Waals surface area contributed by atoms with E-state index in [9.17, 15) is 9.59 Å². The van der Waals surface area contributed by atoms with Gasteiger partial charge in [0.1, 0.15) is 0 Å². The molecule has 3 rings (SSSR count). The number of hydrogen-bond donors (Lipinski definition) is 2. The molecular formula is C18H24N4O2. The van der Waals surface area contributed by atoms with Crippen molar-refractivity contribution in [3.8, 4) is 0 Å². The van der Waals surface area contributed by atoms with Gasteiger partial charge in [-0.2, -0.15) is 5.10 Å². The van der Waals surface area contributed by atoms with E-state index in [2.05, 4.69) is 15.8 Å². The van der Waals surface area contributed by atoms with E-state index in [0.29, 0.717) is 6.42 Å². The molecule has 2 N–H and O–H groups in total. The molecule has 1 aromatic rings. The summed E-state index contributed by atoms with van der Waals surface area (Å²) in [5.41, 5.74) is 5.13. The van der Waals surface area contributed by atoms with Gasteiger partial charge in [0, 0.05) is 24.7 Å². The predicted molar refractivity (Wildman–Crippen MR) is 94.2 cm³/mol. The van der Waals surface area contributed by atoms with Gasteiger partial charge in [-0.3, -0.25) is 4.79 Å². The summed E-state index contributed by atoms with van der Waals surface area (Å²) in [6, 6.07) is 7.73. The highest BCUT2D eigenvalue weighted by Gasteiger charge is 2.21. The van der Waals surface area contributed by atoms with Crippen LogP contribution >= 0.6 is 0 Å². The largest absolute Gasteiger partial charge is 0.335 e. The van der Waals surface area contributed by atoms with E-state index >= 15 is 0 Å². The predicted octanol–water partition coefficient (Wildman–Crippen LogP) is 2.78. The summed E-state index contributed by atoms with van der Waals surface area (Å²) < 4.78 is 0. The van der Waals surface area contributed by atoms with Gasteiger partial charge in [-0.05, 0) is 43.9 Å². The van der Waals surface area contributed by atoms with E-state index in [1.54, 1.807) is 0 Å². The quantitative estimate of drug-likeness (QED) is 0.659. The maximum atomic E-state index is 11.8. The average Bonchev–Trinajstić information content (AvgIpc) is 3.24. The molecule has 1 aromatic carbocycles. The molecule has 2 fully saturated rings. The van der Waals surface area contributed by atoms with E-state index in [1.807, 2.05) is 36.1 Å². The van der Waals surface area contributed by atoms with Gasteiger partial charge in [-0.1, -0.05) is 25.0 Å². The second-order valence-corrected chi connectivity index (χ2v) is 6.46. The average molecular weight is 328 g/mol. The number of anilines is 1. The normalized spacial score (nSPS) is 19.0. The van der Waals surface area contributed by atoms with Gasteiger partial charge in [-0.25, -0.2) is 10.2 Å². The van der Waals surface area contributed by atoms with Crippen molar-refractivity contribution in [2.45, 2.75) is 51.5 Å². The van der Waals surface area contributed by atoms with E-state index < -0.39 is 0 Å². The van der Waals surface area contributed by atoms with Crippen LogP contribution in [-0.4, -0.2) is 30.2 Å². The molecule has 0 spiro atoms. The molecule has 1 heterocycles. The summed E-state index contributed by atoms with van der Waals surface area (Å²) in [6.45, 7) is 2.64. The Morgan fingerprint density at radius 2 is 1.88 bits per heavy atom. The monoisotopic (exact) mass is 328 g/mol. The summed E-state index contributed by atoms with van der Waals surface area (Å²) in [4.78, 5) is 25.4. The van der Waals surface area contributed by atoms with Crippen molar-refractivity contribution >= 4 is 23.3 Å². The zero-order chi connectivity index (χ0) is 16.9. The first kappa shape index (κ1) is 16.5. The summed E-state index contributed by atoms with van der Waals surface area (Å²) in [5, 5.41) is 7.09. The number of amides is 3. The molecule has 0 bridgehead atoms. The number of carbonyl (C=O) groups is 2.